The summed E-state index contributed by atoms with van der Waals surface area (Å²) in [6, 6.07) is 25.2. The van der Waals surface area contributed by atoms with Crippen molar-refractivity contribution in [1.29, 1.82) is 0 Å². The third kappa shape index (κ3) is 6.80. The van der Waals surface area contributed by atoms with Crippen molar-refractivity contribution in [2.45, 2.75) is 38.6 Å². The Morgan fingerprint density at radius 3 is 1.94 bits per heavy atom. The van der Waals surface area contributed by atoms with Gasteiger partial charge in [0.1, 0.15) is 0 Å². The van der Waals surface area contributed by atoms with Gasteiger partial charge in [0.05, 0.1) is 5.97 Å². The van der Waals surface area contributed by atoms with E-state index in [0.717, 1.165) is 48.8 Å². The molecule has 33 heavy (non-hydrogen) atoms. The molecular formula is C28H28NNaO3. The molecule has 0 unspecified atom stereocenters. The summed E-state index contributed by atoms with van der Waals surface area (Å²) >= 11 is 0. The van der Waals surface area contributed by atoms with Crippen LogP contribution < -0.4 is 34.7 Å². The molecule has 0 spiro atoms. The number of carbonyl (C=O) groups is 2. The van der Waals surface area contributed by atoms with Crippen LogP contribution in [0.25, 0.3) is 11.1 Å². The maximum atomic E-state index is 13.2. The molecule has 1 aliphatic rings. The van der Waals surface area contributed by atoms with E-state index in [4.69, 9.17) is 0 Å². The zero-order chi connectivity index (χ0) is 22.3. The Hall–Kier alpha value is -2.40. The van der Waals surface area contributed by atoms with E-state index in [0.29, 0.717) is 13.1 Å². The van der Waals surface area contributed by atoms with Gasteiger partial charge in [-0.25, -0.2) is 0 Å². The third-order valence-corrected chi connectivity index (χ3v) is 6.31. The number of hydrogen-bond donors (Lipinski definition) is 0. The summed E-state index contributed by atoms with van der Waals surface area (Å²) in [5.41, 5.74) is 4.47. The molecule has 0 radical (unpaired) electrons. The van der Waals surface area contributed by atoms with Gasteiger partial charge in [-0.3, -0.25) is 4.79 Å². The van der Waals surface area contributed by atoms with Gasteiger partial charge < -0.3 is 14.8 Å². The average molecular weight is 450 g/mol. The average Bonchev–Trinajstić information content (AvgIpc) is 3.37. The molecule has 5 heteroatoms. The fourth-order valence-corrected chi connectivity index (χ4v) is 4.43. The van der Waals surface area contributed by atoms with Crippen LogP contribution in [0.5, 0.6) is 0 Å². The first-order chi connectivity index (χ1) is 15.6. The van der Waals surface area contributed by atoms with Gasteiger partial charge in [-0.2, -0.15) is 0 Å². The van der Waals surface area contributed by atoms with Crippen LogP contribution in [0, 0.1) is 5.92 Å². The molecule has 0 heterocycles. The first-order valence-electron chi connectivity index (χ1n) is 11.3. The standard InChI is InChI=1S/C28H29NO3.Na/c30-27(25-8-4-5-9-25)29(19-18-21-6-2-1-3-7-21)20-22-10-12-23(13-11-22)24-14-16-26(17-15-24)28(31)32;/h1-3,6-7,10-17,25H,4-5,8-9,18-20H2,(H,31,32);/q;+1/p-1. The van der Waals surface area contributed by atoms with E-state index in [2.05, 4.69) is 24.3 Å². The first-order valence-corrected chi connectivity index (χ1v) is 11.3. The SMILES string of the molecule is O=C([O-])c1ccc(-c2ccc(CN(CCc3ccccc3)C(=O)C3CCCC3)cc2)cc1.[Na+]. The second-order valence-corrected chi connectivity index (χ2v) is 8.54. The second kappa shape index (κ2) is 12.2. The van der Waals surface area contributed by atoms with Crippen molar-refractivity contribution in [1.82, 2.24) is 4.90 Å². The minimum absolute atomic E-state index is 0. The molecule has 0 saturated heterocycles. The molecule has 0 aromatic heterocycles. The number of carboxylic acids is 1. The van der Waals surface area contributed by atoms with E-state index < -0.39 is 5.97 Å². The third-order valence-electron chi connectivity index (χ3n) is 6.31. The summed E-state index contributed by atoms with van der Waals surface area (Å²) < 4.78 is 0. The minimum atomic E-state index is -1.17. The minimum Gasteiger partial charge on any atom is -0.545 e. The maximum absolute atomic E-state index is 13.2. The fourth-order valence-electron chi connectivity index (χ4n) is 4.43. The number of nitrogens with zero attached hydrogens (tertiary/aromatic N) is 1. The zero-order valence-corrected chi connectivity index (χ0v) is 21.2. The fraction of sp³-hybridized carbons (Fsp3) is 0.286. The van der Waals surface area contributed by atoms with Crippen molar-refractivity contribution < 1.29 is 44.3 Å². The van der Waals surface area contributed by atoms with E-state index in [1.165, 1.54) is 5.56 Å². The molecular weight excluding hydrogens is 421 g/mol. The summed E-state index contributed by atoms with van der Waals surface area (Å²) in [5, 5.41) is 10.9. The van der Waals surface area contributed by atoms with E-state index in [1.54, 1.807) is 24.3 Å². The van der Waals surface area contributed by atoms with Crippen LogP contribution in [0.4, 0.5) is 0 Å². The van der Waals surface area contributed by atoms with Gasteiger partial charge >= 0.3 is 29.6 Å². The Morgan fingerprint density at radius 2 is 1.36 bits per heavy atom. The molecule has 1 saturated carbocycles. The zero-order valence-electron chi connectivity index (χ0n) is 19.2. The van der Waals surface area contributed by atoms with Crippen molar-refractivity contribution in [2.75, 3.05) is 6.54 Å². The molecule has 1 fully saturated rings. The molecule has 4 rings (SSSR count). The van der Waals surface area contributed by atoms with E-state index in [-0.39, 0.29) is 46.9 Å². The van der Waals surface area contributed by atoms with Gasteiger partial charge in [0.25, 0.3) is 0 Å². The molecule has 3 aromatic carbocycles. The Balaban J connectivity index is 0.00000306. The van der Waals surface area contributed by atoms with Crippen LogP contribution >= 0.6 is 0 Å². The van der Waals surface area contributed by atoms with Gasteiger partial charge in [-0.1, -0.05) is 91.7 Å². The summed E-state index contributed by atoms with van der Waals surface area (Å²) in [7, 11) is 0. The van der Waals surface area contributed by atoms with Crippen LogP contribution in [0.15, 0.2) is 78.9 Å². The predicted molar refractivity (Wildman–Crippen MR) is 124 cm³/mol. The molecule has 0 N–H and O–H groups in total. The Morgan fingerprint density at radius 1 is 0.788 bits per heavy atom. The monoisotopic (exact) mass is 449 g/mol. The number of rotatable bonds is 8. The topological polar surface area (TPSA) is 60.4 Å². The maximum Gasteiger partial charge on any atom is 1.00 e. The molecule has 1 aliphatic carbocycles. The van der Waals surface area contributed by atoms with Gasteiger partial charge in [0, 0.05) is 19.0 Å². The smallest absolute Gasteiger partial charge is 0.545 e. The van der Waals surface area contributed by atoms with Crippen molar-refractivity contribution >= 4 is 11.9 Å². The van der Waals surface area contributed by atoms with Crippen LogP contribution in [0.3, 0.4) is 0 Å². The van der Waals surface area contributed by atoms with Gasteiger partial charge in [0.15, 0.2) is 0 Å². The number of amides is 1. The second-order valence-electron chi connectivity index (χ2n) is 8.54. The van der Waals surface area contributed by atoms with Crippen LogP contribution in [-0.2, 0) is 17.8 Å². The predicted octanol–water partition coefficient (Wildman–Crippen LogP) is 1.48. The number of carboxylic acid groups (broad SMARTS) is 1. The Kier molecular flexibility index (Phi) is 9.30. The molecule has 0 aliphatic heterocycles. The summed E-state index contributed by atoms with van der Waals surface area (Å²) in [6.45, 7) is 1.32. The van der Waals surface area contributed by atoms with Crippen molar-refractivity contribution in [3.8, 4) is 11.1 Å². The number of aromatic carboxylic acids is 1. The molecule has 1 amide bonds. The number of hydrogen-bond acceptors (Lipinski definition) is 3. The molecule has 0 bridgehead atoms. The van der Waals surface area contributed by atoms with Crippen molar-refractivity contribution in [2.24, 2.45) is 5.92 Å². The van der Waals surface area contributed by atoms with Crippen molar-refractivity contribution in [3.63, 3.8) is 0 Å². The van der Waals surface area contributed by atoms with Gasteiger partial charge in [-0.05, 0) is 47.1 Å². The van der Waals surface area contributed by atoms with E-state index in [1.807, 2.05) is 35.2 Å². The molecule has 164 valence electrons. The molecule has 0 atom stereocenters. The van der Waals surface area contributed by atoms with E-state index >= 15 is 0 Å². The quantitative estimate of drug-likeness (QED) is 0.490. The van der Waals surface area contributed by atoms with Crippen LogP contribution in [0.1, 0.15) is 47.2 Å². The van der Waals surface area contributed by atoms with Crippen LogP contribution in [0.2, 0.25) is 0 Å². The first kappa shape index (κ1) is 25.2. The largest absolute Gasteiger partial charge is 1.00 e. The van der Waals surface area contributed by atoms with E-state index in [9.17, 15) is 14.7 Å². The number of carbonyl (C=O) groups excluding carboxylic acids is 2. The van der Waals surface area contributed by atoms with Crippen molar-refractivity contribution in [3.05, 3.63) is 95.6 Å². The van der Waals surface area contributed by atoms with Crippen LogP contribution in [-0.4, -0.2) is 23.3 Å². The summed E-state index contributed by atoms with van der Waals surface area (Å²) in [6.07, 6.45) is 5.15. The Labute approximate surface area is 217 Å². The summed E-state index contributed by atoms with van der Waals surface area (Å²) in [5.74, 6) is -0.734. The number of benzene rings is 3. The summed E-state index contributed by atoms with van der Waals surface area (Å²) in [4.78, 5) is 26.2. The normalized spacial score (nSPS) is 13.3. The Bertz CT molecular complexity index is 1040. The molecule has 3 aromatic rings. The van der Waals surface area contributed by atoms with Gasteiger partial charge in [-0.15, -0.1) is 0 Å². The molecule has 4 nitrogen and oxygen atoms in total. The van der Waals surface area contributed by atoms with Gasteiger partial charge in [0.2, 0.25) is 5.91 Å².